The first-order valence-corrected chi connectivity index (χ1v) is 5.47. The van der Waals surface area contributed by atoms with Crippen molar-refractivity contribution < 1.29 is 18.3 Å². The van der Waals surface area contributed by atoms with Crippen molar-refractivity contribution in [3.05, 3.63) is 34.3 Å². The maximum absolute atomic E-state index is 12.6. The third-order valence-electron chi connectivity index (χ3n) is 2.40. The van der Waals surface area contributed by atoms with Crippen LogP contribution in [0, 0.1) is 0 Å². The van der Waals surface area contributed by atoms with Crippen LogP contribution in [0.5, 0.6) is 0 Å². The minimum Gasteiger partial charge on any atom is -0.396 e. The molecule has 96 valence electrons. The number of hydrogen-bond donors (Lipinski definition) is 2. The summed E-state index contributed by atoms with van der Waals surface area (Å²) >= 11 is 5.49. The summed E-state index contributed by atoms with van der Waals surface area (Å²) in [7, 11) is 0. The van der Waals surface area contributed by atoms with Crippen molar-refractivity contribution in [2.75, 3.05) is 6.61 Å². The molecule has 1 atom stereocenters. The summed E-state index contributed by atoms with van der Waals surface area (Å²) < 4.78 is 37.7. The fourth-order valence-corrected chi connectivity index (χ4v) is 1.69. The SMILES string of the molecule is N[C@@H](CCCO)c1ccc(Cl)c(C(F)(F)F)c1. The normalized spacial score (nSPS) is 13.8. The number of benzene rings is 1. The van der Waals surface area contributed by atoms with Crippen LogP contribution in [-0.4, -0.2) is 11.7 Å². The summed E-state index contributed by atoms with van der Waals surface area (Å²) in [5, 5.41) is 8.30. The summed E-state index contributed by atoms with van der Waals surface area (Å²) in [5.41, 5.74) is 5.21. The van der Waals surface area contributed by atoms with Crippen LogP contribution in [0.4, 0.5) is 13.2 Å². The van der Waals surface area contributed by atoms with Gasteiger partial charge in [-0.3, -0.25) is 0 Å². The zero-order valence-corrected chi connectivity index (χ0v) is 9.72. The Bertz CT molecular complexity index is 381. The van der Waals surface area contributed by atoms with E-state index in [1.54, 1.807) is 0 Å². The van der Waals surface area contributed by atoms with Crippen LogP contribution in [0.3, 0.4) is 0 Å². The van der Waals surface area contributed by atoms with E-state index < -0.39 is 17.8 Å². The van der Waals surface area contributed by atoms with Crippen LogP contribution in [0.1, 0.15) is 30.0 Å². The Kier molecular flexibility index (Phi) is 4.80. The number of nitrogens with two attached hydrogens (primary N) is 1. The molecule has 0 spiro atoms. The molecule has 0 unspecified atom stereocenters. The van der Waals surface area contributed by atoms with Crippen molar-refractivity contribution in [2.24, 2.45) is 5.73 Å². The first kappa shape index (κ1) is 14.3. The Morgan fingerprint density at radius 3 is 2.53 bits per heavy atom. The maximum Gasteiger partial charge on any atom is 0.417 e. The van der Waals surface area contributed by atoms with Gasteiger partial charge in [0, 0.05) is 12.6 Å². The van der Waals surface area contributed by atoms with E-state index in [1.165, 1.54) is 12.1 Å². The molecule has 0 heterocycles. The minimum absolute atomic E-state index is 0.0343. The van der Waals surface area contributed by atoms with Crippen LogP contribution < -0.4 is 5.73 Å². The zero-order chi connectivity index (χ0) is 13.1. The largest absolute Gasteiger partial charge is 0.417 e. The van der Waals surface area contributed by atoms with Crippen molar-refractivity contribution in [1.82, 2.24) is 0 Å². The van der Waals surface area contributed by atoms with Crippen molar-refractivity contribution >= 4 is 11.6 Å². The fraction of sp³-hybridized carbons (Fsp3) is 0.455. The third-order valence-corrected chi connectivity index (χ3v) is 2.73. The lowest BCUT2D eigenvalue weighted by Crippen LogP contribution is -2.13. The molecule has 6 heteroatoms. The van der Waals surface area contributed by atoms with Crippen molar-refractivity contribution in [1.29, 1.82) is 0 Å². The van der Waals surface area contributed by atoms with Gasteiger partial charge in [0.1, 0.15) is 0 Å². The highest BCUT2D eigenvalue weighted by molar-refractivity contribution is 6.31. The van der Waals surface area contributed by atoms with Gasteiger partial charge in [-0.15, -0.1) is 0 Å². The van der Waals surface area contributed by atoms with Crippen molar-refractivity contribution in [2.45, 2.75) is 25.1 Å². The van der Waals surface area contributed by atoms with Gasteiger partial charge in [0.05, 0.1) is 10.6 Å². The predicted molar refractivity (Wildman–Crippen MR) is 59.7 cm³/mol. The molecule has 0 aromatic heterocycles. The highest BCUT2D eigenvalue weighted by Gasteiger charge is 2.33. The molecule has 0 aliphatic carbocycles. The van der Waals surface area contributed by atoms with Gasteiger partial charge in [0.25, 0.3) is 0 Å². The smallest absolute Gasteiger partial charge is 0.396 e. The number of rotatable bonds is 4. The van der Waals surface area contributed by atoms with E-state index in [0.717, 1.165) is 6.07 Å². The Morgan fingerprint density at radius 2 is 2.00 bits per heavy atom. The summed E-state index contributed by atoms with van der Waals surface area (Å²) in [6, 6.07) is 3.10. The van der Waals surface area contributed by atoms with E-state index in [-0.39, 0.29) is 11.6 Å². The lowest BCUT2D eigenvalue weighted by Gasteiger charge is -2.15. The summed E-state index contributed by atoms with van der Waals surface area (Å²) in [4.78, 5) is 0. The molecule has 1 aromatic carbocycles. The lowest BCUT2D eigenvalue weighted by molar-refractivity contribution is -0.137. The second kappa shape index (κ2) is 5.71. The molecule has 0 saturated heterocycles. The van der Waals surface area contributed by atoms with E-state index in [4.69, 9.17) is 22.4 Å². The van der Waals surface area contributed by atoms with Crippen molar-refractivity contribution in [3.8, 4) is 0 Å². The molecular formula is C11H13ClF3NO. The van der Waals surface area contributed by atoms with Crippen LogP contribution >= 0.6 is 11.6 Å². The molecule has 0 bridgehead atoms. The first-order valence-electron chi connectivity index (χ1n) is 5.09. The molecule has 3 N–H and O–H groups in total. The van der Waals surface area contributed by atoms with E-state index in [0.29, 0.717) is 18.4 Å². The van der Waals surface area contributed by atoms with E-state index in [9.17, 15) is 13.2 Å². The number of hydrogen-bond acceptors (Lipinski definition) is 2. The minimum atomic E-state index is -4.48. The Balaban J connectivity index is 2.96. The molecule has 1 rings (SSSR count). The van der Waals surface area contributed by atoms with Crippen LogP contribution in [0.15, 0.2) is 18.2 Å². The standard InChI is InChI=1S/C11H13ClF3NO/c12-9-4-3-7(10(16)2-1-5-17)6-8(9)11(13,14)15/h3-4,6,10,17H,1-2,5,16H2/t10-/m0/s1. The summed E-state index contributed by atoms with van der Waals surface area (Å²) in [6.45, 7) is -0.0343. The van der Waals surface area contributed by atoms with Gasteiger partial charge in [-0.2, -0.15) is 13.2 Å². The highest BCUT2D eigenvalue weighted by atomic mass is 35.5. The molecule has 0 fully saturated rings. The van der Waals surface area contributed by atoms with Crippen LogP contribution in [-0.2, 0) is 6.18 Å². The molecule has 0 aliphatic rings. The van der Waals surface area contributed by atoms with Crippen molar-refractivity contribution in [3.63, 3.8) is 0 Å². The molecule has 17 heavy (non-hydrogen) atoms. The Morgan fingerprint density at radius 1 is 1.35 bits per heavy atom. The second-order valence-electron chi connectivity index (χ2n) is 3.71. The third kappa shape index (κ3) is 3.87. The van der Waals surface area contributed by atoms with E-state index in [2.05, 4.69) is 0 Å². The summed E-state index contributed by atoms with van der Waals surface area (Å²) in [6.07, 6.45) is -3.61. The van der Waals surface area contributed by atoms with Gasteiger partial charge in [-0.05, 0) is 30.5 Å². The molecule has 0 aliphatic heterocycles. The average molecular weight is 268 g/mol. The number of aliphatic hydroxyl groups excluding tert-OH is 1. The van der Waals surface area contributed by atoms with Gasteiger partial charge < -0.3 is 10.8 Å². The van der Waals surface area contributed by atoms with E-state index >= 15 is 0 Å². The number of aliphatic hydroxyl groups is 1. The van der Waals surface area contributed by atoms with Gasteiger partial charge in [-0.25, -0.2) is 0 Å². The fourth-order valence-electron chi connectivity index (χ4n) is 1.47. The van der Waals surface area contributed by atoms with Crippen LogP contribution in [0.2, 0.25) is 5.02 Å². The van der Waals surface area contributed by atoms with Crippen LogP contribution in [0.25, 0.3) is 0 Å². The molecular weight excluding hydrogens is 255 g/mol. The second-order valence-corrected chi connectivity index (χ2v) is 4.12. The zero-order valence-electron chi connectivity index (χ0n) is 8.97. The molecule has 2 nitrogen and oxygen atoms in total. The summed E-state index contributed by atoms with van der Waals surface area (Å²) in [5.74, 6) is 0. The van der Waals surface area contributed by atoms with Gasteiger partial charge >= 0.3 is 6.18 Å². The maximum atomic E-state index is 12.6. The molecule has 0 saturated carbocycles. The molecule has 0 radical (unpaired) electrons. The Labute approximate surface area is 102 Å². The van der Waals surface area contributed by atoms with Gasteiger partial charge in [0.2, 0.25) is 0 Å². The molecule has 0 amide bonds. The lowest BCUT2D eigenvalue weighted by atomic mass is 10.0. The first-order chi connectivity index (χ1) is 7.86. The average Bonchev–Trinajstić information content (AvgIpc) is 2.25. The highest BCUT2D eigenvalue weighted by Crippen LogP contribution is 2.36. The van der Waals surface area contributed by atoms with Gasteiger partial charge in [-0.1, -0.05) is 17.7 Å². The Hall–Kier alpha value is -0.780. The monoisotopic (exact) mass is 267 g/mol. The molecule has 1 aromatic rings. The van der Waals surface area contributed by atoms with Gasteiger partial charge in [0.15, 0.2) is 0 Å². The topological polar surface area (TPSA) is 46.2 Å². The predicted octanol–water partition coefficient (Wildman–Crippen LogP) is 3.13. The number of alkyl halides is 3. The quantitative estimate of drug-likeness (QED) is 0.880. The van der Waals surface area contributed by atoms with E-state index in [1.807, 2.05) is 0 Å². The number of halogens is 4.